The van der Waals surface area contributed by atoms with E-state index < -0.39 is 56.9 Å². The summed E-state index contributed by atoms with van der Waals surface area (Å²) in [7, 11) is 0. The van der Waals surface area contributed by atoms with Crippen molar-refractivity contribution in [3.05, 3.63) is 45.5 Å². The van der Waals surface area contributed by atoms with E-state index in [1.165, 1.54) is 13.8 Å². The number of benzene rings is 4. The molecule has 0 aromatic heterocycles. The van der Waals surface area contributed by atoms with E-state index in [1.807, 2.05) is 41.5 Å². The molecule has 0 spiro atoms. The summed E-state index contributed by atoms with van der Waals surface area (Å²) < 4.78 is 0. The van der Waals surface area contributed by atoms with Crippen LogP contribution in [0.25, 0.3) is 32.7 Å². The molecule has 8 heteroatoms. The molecule has 0 bridgehead atoms. The van der Waals surface area contributed by atoms with Gasteiger partial charge in [-0.1, -0.05) is 53.7 Å². The first-order chi connectivity index (χ1) is 19.1. The topological polar surface area (TPSA) is 156 Å². The maximum absolute atomic E-state index is 12.8. The van der Waals surface area contributed by atoms with E-state index in [0.717, 1.165) is 0 Å². The van der Waals surface area contributed by atoms with Crippen LogP contribution in [0.3, 0.4) is 0 Å². The minimum atomic E-state index is -0.699. The molecule has 4 aromatic carbocycles. The largest absolute Gasteiger partial charge is 0.507 e. The van der Waals surface area contributed by atoms with Gasteiger partial charge in [0.15, 0.2) is 34.6 Å². The number of aromatic hydroxyl groups is 6. The lowest BCUT2D eigenvalue weighted by Crippen LogP contribution is -2.14. The zero-order chi connectivity index (χ0) is 32.0. The van der Waals surface area contributed by atoms with Crippen molar-refractivity contribution in [2.24, 2.45) is 0 Å². The number of Topliss-reactive ketones (excluding diaryl/α,β-unsaturated/α-hetero) is 2. The number of hydrogen-bond acceptors (Lipinski definition) is 8. The van der Waals surface area contributed by atoms with Crippen LogP contribution in [0.4, 0.5) is 0 Å². The molecule has 0 aliphatic carbocycles. The molecule has 8 nitrogen and oxygen atoms in total. The molecule has 0 saturated carbocycles. The van der Waals surface area contributed by atoms with Gasteiger partial charge in [-0.2, -0.15) is 0 Å². The second-order valence-electron chi connectivity index (χ2n) is 13.2. The van der Waals surface area contributed by atoms with E-state index >= 15 is 0 Å². The number of carbonyl (C=O) groups excluding carboxylic acids is 2. The maximum atomic E-state index is 12.8. The zero-order valence-corrected chi connectivity index (χ0v) is 25.7. The van der Waals surface area contributed by atoms with Gasteiger partial charge in [0, 0.05) is 33.0 Å². The molecule has 4 aromatic rings. The van der Waals surface area contributed by atoms with Crippen LogP contribution in [0.5, 0.6) is 34.5 Å². The SMILES string of the molecule is CC(=O)c1c(O)c(O)c(C(C)(C)C)c2cc(C)c(-c3c(C)cc4c(C(C)(C)C)c(O)c(O)c(C(C)=O)c4c3O)c(O)c12. The molecule has 0 atom stereocenters. The number of phenols is 6. The summed E-state index contributed by atoms with van der Waals surface area (Å²) in [4.78, 5) is 25.6. The van der Waals surface area contributed by atoms with E-state index in [4.69, 9.17) is 0 Å². The maximum Gasteiger partial charge on any atom is 0.169 e. The van der Waals surface area contributed by atoms with Crippen LogP contribution in [-0.4, -0.2) is 42.2 Å². The summed E-state index contributed by atoms with van der Waals surface area (Å²) in [5, 5.41) is 68.4. The Morgan fingerprint density at radius 2 is 0.810 bits per heavy atom. The predicted octanol–water partition coefficient (Wildman–Crippen LogP) is 7.51. The summed E-state index contributed by atoms with van der Waals surface area (Å²) in [6.07, 6.45) is 0. The highest BCUT2D eigenvalue weighted by atomic mass is 16.3. The van der Waals surface area contributed by atoms with E-state index in [1.54, 1.807) is 26.0 Å². The third-order valence-corrected chi connectivity index (χ3v) is 7.88. The third-order valence-electron chi connectivity index (χ3n) is 7.88. The minimum Gasteiger partial charge on any atom is -0.507 e. The summed E-state index contributed by atoms with van der Waals surface area (Å²) in [6, 6.07) is 3.36. The first-order valence-electron chi connectivity index (χ1n) is 13.7. The fraction of sp³-hybridized carbons (Fsp3) is 0.353. The summed E-state index contributed by atoms with van der Waals surface area (Å²) >= 11 is 0. The van der Waals surface area contributed by atoms with Crippen LogP contribution in [0, 0.1) is 13.8 Å². The van der Waals surface area contributed by atoms with Crippen LogP contribution < -0.4 is 0 Å². The predicted molar refractivity (Wildman–Crippen MR) is 164 cm³/mol. The Labute approximate surface area is 244 Å². The van der Waals surface area contributed by atoms with Gasteiger partial charge in [-0.05, 0) is 60.4 Å². The van der Waals surface area contributed by atoms with E-state index in [9.17, 15) is 40.2 Å². The smallest absolute Gasteiger partial charge is 0.169 e. The molecule has 222 valence electrons. The zero-order valence-electron chi connectivity index (χ0n) is 25.7. The van der Waals surface area contributed by atoms with Crippen LogP contribution in [0.2, 0.25) is 0 Å². The highest BCUT2D eigenvalue weighted by Crippen LogP contribution is 2.55. The standard InChI is InChI=1S/C34H38O8/c1-13-11-17-23(21(15(3)35)29(39)31(41)25(17)33(5,6)7)27(37)19(13)20-14(2)12-18-24(28(20)38)22(16(4)36)30(40)32(42)26(18)34(8,9)10/h11-12,37-42H,1-10H3. The summed E-state index contributed by atoms with van der Waals surface area (Å²) in [5.41, 5.74) is -0.0265. The van der Waals surface area contributed by atoms with Crippen molar-refractivity contribution < 1.29 is 40.2 Å². The molecule has 0 aliphatic rings. The second-order valence-corrected chi connectivity index (χ2v) is 13.2. The van der Waals surface area contributed by atoms with E-state index in [0.29, 0.717) is 33.0 Å². The van der Waals surface area contributed by atoms with Gasteiger partial charge < -0.3 is 30.6 Å². The fourth-order valence-electron chi connectivity index (χ4n) is 6.30. The number of aryl methyl sites for hydroxylation is 2. The quantitative estimate of drug-likeness (QED) is 0.108. The molecule has 0 heterocycles. The average Bonchev–Trinajstić information content (AvgIpc) is 2.81. The molecule has 6 N–H and O–H groups in total. The lowest BCUT2D eigenvalue weighted by molar-refractivity contribution is 0.100. The number of carbonyl (C=O) groups is 2. The van der Waals surface area contributed by atoms with Crippen molar-refractivity contribution in [2.75, 3.05) is 0 Å². The molecule has 0 aliphatic heterocycles. The first-order valence-corrected chi connectivity index (χ1v) is 13.7. The number of fused-ring (bicyclic) bond motifs is 2. The first kappa shape index (κ1) is 30.5. The number of ketones is 2. The van der Waals surface area contributed by atoms with Gasteiger partial charge in [0.25, 0.3) is 0 Å². The van der Waals surface area contributed by atoms with E-state index in [-0.39, 0.29) is 33.0 Å². The van der Waals surface area contributed by atoms with Gasteiger partial charge in [-0.15, -0.1) is 0 Å². The molecule has 0 saturated heterocycles. The number of rotatable bonds is 3. The Bertz CT molecular complexity index is 1730. The van der Waals surface area contributed by atoms with Crippen molar-refractivity contribution in [1.82, 2.24) is 0 Å². The average molecular weight is 575 g/mol. The molecular weight excluding hydrogens is 536 g/mol. The number of phenolic OH excluding ortho intramolecular Hbond substituents is 6. The lowest BCUT2D eigenvalue weighted by atomic mass is 9.77. The van der Waals surface area contributed by atoms with Crippen molar-refractivity contribution in [3.63, 3.8) is 0 Å². The molecule has 0 fully saturated rings. The monoisotopic (exact) mass is 574 g/mol. The molecule has 0 unspecified atom stereocenters. The molecule has 4 rings (SSSR count). The third kappa shape index (κ3) is 4.28. The number of hydrogen-bond donors (Lipinski definition) is 6. The molecular formula is C34H38O8. The van der Waals surface area contributed by atoms with E-state index in [2.05, 4.69) is 0 Å². The van der Waals surface area contributed by atoms with Crippen molar-refractivity contribution in [1.29, 1.82) is 0 Å². The van der Waals surface area contributed by atoms with Crippen LogP contribution in [-0.2, 0) is 10.8 Å². The van der Waals surface area contributed by atoms with Crippen molar-refractivity contribution >= 4 is 33.1 Å². The Kier molecular flexibility index (Phi) is 6.93. The fourth-order valence-corrected chi connectivity index (χ4v) is 6.30. The van der Waals surface area contributed by atoms with Crippen LogP contribution in [0.1, 0.15) is 98.4 Å². The highest BCUT2D eigenvalue weighted by molar-refractivity contribution is 6.18. The van der Waals surface area contributed by atoms with Crippen LogP contribution in [0.15, 0.2) is 12.1 Å². The van der Waals surface area contributed by atoms with Crippen molar-refractivity contribution in [3.8, 4) is 45.6 Å². The normalized spacial score (nSPS) is 12.3. The van der Waals surface area contributed by atoms with Gasteiger partial charge in [0.05, 0.1) is 11.1 Å². The van der Waals surface area contributed by atoms with Crippen molar-refractivity contribution in [2.45, 2.75) is 80.1 Å². The lowest BCUT2D eigenvalue weighted by Gasteiger charge is -2.28. The second kappa shape index (κ2) is 9.54. The Hall–Kier alpha value is -4.46. The van der Waals surface area contributed by atoms with Gasteiger partial charge in [0.2, 0.25) is 0 Å². The van der Waals surface area contributed by atoms with Gasteiger partial charge >= 0.3 is 0 Å². The molecule has 42 heavy (non-hydrogen) atoms. The summed E-state index contributed by atoms with van der Waals surface area (Å²) in [6.45, 7) is 16.8. The van der Waals surface area contributed by atoms with Gasteiger partial charge in [0.1, 0.15) is 11.5 Å². The minimum absolute atomic E-state index is 0.0120. The summed E-state index contributed by atoms with van der Waals surface area (Å²) in [5.74, 6) is -4.20. The van der Waals surface area contributed by atoms with Gasteiger partial charge in [-0.25, -0.2) is 0 Å². The Morgan fingerprint density at radius 3 is 1.05 bits per heavy atom. The van der Waals surface area contributed by atoms with Crippen LogP contribution >= 0.6 is 0 Å². The molecule has 0 radical (unpaired) electrons. The Balaban J connectivity index is 2.34. The molecule has 0 amide bonds. The highest BCUT2D eigenvalue weighted by Gasteiger charge is 2.34. The van der Waals surface area contributed by atoms with Gasteiger partial charge in [-0.3, -0.25) is 9.59 Å². The Morgan fingerprint density at radius 1 is 0.524 bits per heavy atom.